The molecule has 0 saturated heterocycles. The van der Waals surface area contributed by atoms with Gasteiger partial charge in [-0.15, -0.1) is 0 Å². The van der Waals surface area contributed by atoms with Crippen molar-refractivity contribution in [1.29, 1.82) is 0 Å². The van der Waals surface area contributed by atoms with Crippen LogP contribution in [0, 0.1) is 0 Å². The minimum Gasteiger partial charge on any atom is -1.00 e. The average Bonchev–Trinajstić information content (AvgIpc) is 2.83. The standard InChI is InChI=1S/C18H18NOSe.BrH/c1-14(20)11-12-17-16-9-5-6-10-18(16)21-19(17)13-15-7-3-2-4-8-15;/h2-10H,11-13H2,1H3;1H/q+1;/p-1. The largest absolute Gasteiger partial charge is 1.00 e. The number of rotatable bonds is 5. The van der Waals surface area contributed by atoms with Crippen molar-refractivity contribution in [2.75, 3.05) is 0 Å². The summed E-state index contributed by atoms with van der Waals surface area (Å²) in [5, 5.41) is 1.34. The number of halogens is 1. The van der Waals surface area contributed by atoms with Gasteiger partial charge in [-0.3, -0.25) is 0 Å². The number of aromatic nitrogens is 1. The van der Waals surface area contributed by atoms with E-state index in [-0.39, 0.29) is 22.8 Å². The molecule has 2 nitrogen and oxygen atoms in total. The number of ketones is 1. The predicted octanol–water partition coefficient (Wildman–Crippen LogP) is -0.242. The van der Waals surface area contributed by atoms with E-state index in [1.165, 1.54) is 20.9 Å². The van der Waals surface area contributed by atoms with Gasteiger partial charge in [-0.2, -0.15) is 0 Å². The first-order valence-corrected chi connectivity index (χ1v) is 8.80. The maximum absolute atomic E-state index is 11.4. The summed E-state index contributed by atoms with van der Waals surface area (Å²) in [7, 11) is 0. The molecule has 0 aliphatic rings. The third-order valence-corrected chi connectivity index (χ3v) is 5.95. The van der Waals surface area contributed by atoms with Crippen molar-refractivity contribution in [1.82, 2.24) is 0 Å². The van der Waals surface area contributed by atoms with Gasteiger partial charge in [-0.1, -0.05) is 0 Å². The molecule has 0 N–H and O–H groups in total. The van der Waals surface area contributed by atoms with Crippen LogP contribution in [0.2, 0.25) is 0 Å². The summed E-state index contributed by atoms with van der Waals surface area (Å²) < 4.78 is 3.90. The summed E-state index contributed by atoms with van der Waals surface area (Å²) in [5.41, 5.74) is 2.66. The number of hydrogen-bond donors (Lipinski definition) is 0. The molecule has 22 heavy (non-hydrogen) atoms. The summed E-state index contributed by atoms with van der Waals surface area (Å²) in [6.07, 6.45) is 1.48. The van der Waals surface area contributed by atoms with Gasteiger partial charge in [0.2, 0.25) is 0 Å². The quantitative estimate of drug-likeness (QED) is 0.520. The van der Waals surface area contributed by atoms with E-state index in [9.17, 15) is 4.79 Å². The van der Waals surface area contributed by atoms with Crippen molar-refractivity contribution >= 4 is 30.2 Å². The first kappa shape index (κ1) is 17.1. The first-order valence-electron chi connectivity index (χ1n) is 7.18. The van der Waals surface area contributed by atoms with Crippen LogP contribution in [0.3, 0.4) is 0 Å². The molecule has 1 heterocycles. The molecule has 4 heteroatoms. The summed E-state index contributed by atoms with van der Waals surface area (Å²) >= 11 is 0.318. The number of fused-ring (bicyclic) bond motifs is 1. The monoisotopic (exact) mass is 423 g/mol. The molecule has 3 aromatic rings. The fraction of sp³-hybridized carbons (Fsp3) is 0.222. The van der Waals surface area contributed by atoms with Crippen LogP contribution in [0.15, 0.2) is 54.6 Å². The van der Waals surface area contributed by atoms with Gasteiger partial charge < -0.3 is 17.0 Å². The minimum atomic E-state index is 0. The normalized spacial score (nSPS) is 10.4. The molecule has 3 rings (SSSR count). The zero-order valence-corrected chi connectivity index (χ0v) is 15.8. The van der Waals surface area contributed by atoms with Crippen LogP contribution in [0.25, 0.3) is 9.65 Å². The Morgan fingerprint density at radius 3 is 2.45 bits per heavy atom. The van der Waals surface area contributed by atoms with E-state index in [1.807, 2.05) is 6.07 Å². The number of carbonyl (C=O) groups excluding carboxylic acids is 1. The second-order valence-electron chi connectivity index (χ2n) is 5.26. The predicted molar refractivity (Wildman–Crippen MR) is 85.6 cm³/mol. The van der Waals surface area contributed by atoms with Crippen LogP contribution >= 0.6 is 0 Å². The molecule has 0 radical (unpaired) electrons. The van der Waals surface area contributed by atoms with Gasteiger partial charge >= 0.3 is 131 Å². The topological polar surface area (TPSA) is 20.9 Å². The number of nitrogens with zero attached hydrogens (tertiary/aromatic N) is 1. The van der Waals surface area contributed by atoms with Crippen LogP contribution in [-0.4, -0.2) is 20.5 Å². The Bertz CT molecular complexity index is 767. The fourth-order valence-corrected chi connectivity index (χ4v) is 4.99. The van der Waals surface area contributed by atoms with Crippen LogP contribution in [0.5, 0.6) is 0 Å². The van der Waals surface area contributed by atoms with Crippen molar-refractivity contribution < 1.29 is 25.3 Å². The zero-order valence-electron chi connectivity index (χ0n) is 12.5. The SMILES string of the molecule is CC(=O)CCc1c2ccccc2[se][n+]1Cc1ccccc1.[Br-]. The van der Waals surface area contributed by atoms with Gasteiger partial charge in [-0.05, 0) is 0 Å². The summed E-state index contributed by atoms with van der Waals surface area (Å²) in [6, 6.07) is 19.2. The van der Waals surface area contributed by atoms with Crippen molar-refractivity contribution in [3.05, 3.63) is 65.9 Å². The van der Waals surface area contributed by atoms with Crippen molar-refractivity contribution in [3.8, 4) is 0 Å². The molecule has 0 unspecified atom stereocenters. The summed E-state index contributed by atoms with van der Waals surface area (Å²) in [5.74, 6) is 0.263. The second-order valence-corrected chi connectivity index (χ2v) is 7.49. The molecular formula is C18H18BrNOSe. The van der Waals surface area contributed by atoms with Crippen molar-refractivity contribution in [3.63, 3.8) is 0 Å². The van der Waals surface area contributed by atoms with Crippen LogP contribution in [0.1, 0.15) is 24.6 Å². The Kier molecular flexibility index (Phi) is 6.13. The molecule has 0 aliphatic carbocycles. The van der Waals surface area contributed by atoms with E-state index < -0.39 is 0 Å². The van der Waals surface area contributed by atoms with Crippen molar-refractivity contribution in [2.45, 2.75) is 26.3 Å². The number of Topliss-reactive ketones (excluding diaryl/α,β-unsaturated/α-hetero) is 1. The molecule has 114 valence electrons. The second kappa shape index (κ2) is 7.87. The Morgan fingerprint density at radius 1 is 1.05 bits per heavy atom. The Hall–Kier alpha value is -1.22. The average molecular weight is 423 g/mol. The van der Waals surface area contributed by atoms with Crippen LogP contribution < -0.4 is 20.5 Å². The molecule has 2 aromatic carbocycles. The first-order chi connectivity index (χ1) is 10.2. The number of hydrogen-bond acceptors (Lipinski definition) is 1. The van der Waals surface area contributed by atoms with Gasteiger partial charge in [0.25, 0.3) is 0 Å². The van der Waals surface area contributed by atoms with E-state index >= 15 is 0 Å². The smallest absolute Gasteiger partial charge is 1.00 e. The number of aryl methyl sites for hydroxylation is 1. The summed E-state index contributed by atoms with van der Waals surface area (Å²) in [4.78, 5) is 11.4. The Labute approximate surface area is 147 Å². The maximum atomic E-state index is 11.4. The summed E-state index contributed by atoms with van der Waals surface area (Å²) in [6.45, 7) is 2.61. The third kappa shape index (κ3) is 3.95. The Balaban J connectivity index is 0.00000176. The van der Waals surface area contributed by atoms with Crippen LogP contribution in [-0.2, 0) is 17.8 Å². The van der Waals surface area contributed by atoms with E-state index in [0.29, 0.717) is 21.2 Å². The molecule has 0 saturated carbocycles. The van der Waals surface area contributed by atoms with Crippen molar-refractivity contribution in [2.24, 2.45) is 0 Å². The third-order valence-electron chi connectivity index (χ3n) is 3.59. The Morgan fingerprint density at radius 2 is 1.73 bits per heavy atom. The van der Waals surface area contributed by atoms with Gasteiger partial charge in [0, 0.05) is 0 Å². The zero-order chi connectivity index (χ0) is 14.7. The van der Waals surface area contributed by atoms with E-state index in [2.05, 4.69) is 52.1 Å². The van der Waals surface area contributed by atoms with Crippen LogP contribution in [0.4, 0.5) is 0 Å². The number of carbonyl (C=O) groups is 1. The molecule has 0 bridgehead atoms. The molecule has 1 aromatic heterocycles. The minimum absolute atomic E-state index is 0. The molecule has 0 spiro atoms. The van der Waals surface area contributed by atoms with Gasteiger partial charge in [0.1, 0.15) is 0 Å². The molecule has 0 aliphatic heterocycles. The molecule has 0 atom stereocenters. The van der Waals surface area contributed by atoms with E-state index in [1.54, 1.807) is 6.92 Å². The molecular weight excluding hydrogens is 405 g/mol. The fourth-order valence-electron chi connectivity index (χ4n) is 2.52. The van der Waals surface area contributed by atoms with Gasteiger partial charge in [0.05, 0.1) is 0 Å². The van der Waals surface area contributed by atoms with E-state index in [4.69, 9.17) is 0 Å². The number of benzene rings is 2. The molecule has 0 fully saturated rings. The van der Waals surface area contributed by atoms with Gasteiger partial charge in [0.15, 0.2) is 0 Å². The molecule has 0 amide bonds. The maximum Gasteiger partial charge on any atom is -1.00 e. The van der Waals surface area contributed by atoms with Gasteiger partial charge in [-0.25, -0.2) is 0 Å². The van der Waals surface area contributed by atoms with E-state index in [0.717, 1.165) is 13.0 Å².